The number of aryl methyl sites for hydroxylation is 1. The van der Waals surface area contributed by atoms with Crippen molar-refractivity contribution in [1.82, 2.24) is 4.57 Å². The van der Waals surface area contributed by atoms with Gasteiger partial charge < -0.3 is 14.8 Å². The van der Waals surface area contributed by atoms with Gasteiger partial charge in [-0.15, -0.1) is 0 Å². The Morgan fingerprint density at radius 2 is 1.35 bits per heavy atom. The fraction of sp³-hybridized carbons (Fsp3) is 0.143. The van der Waals surface area contributed by atoms with Gasteiger partial charge >= 0.3 is 0 Å². The Labute approximate surface area is 98.5 Å². The molecule has 3 aromatic rings. The number of benzene rings is 2. The molecule has 17 heavy (non-hydrogen) atoms. The zero-order chi connectivity index (χ0) is 12.0. The first kappa shape index (κ1) is 10.0. The fourth-order valence-electron chi connectivity index (χ4n) is 2.41. The van der Waals surface area contributed by atoms with Gasteiger partial charge in [0, 0.05) is 29.4 Å². The quantitative estimate of drug-likeness (QED) is 0.670. The van der Waals surface area contributed by atoms with Gasteiger partial charge in [-0.05, 0) is 31.2 Å². The highest BCUT2D eigenvalue weighted by atomic mass is 16.3. The Morgan fingerprint density at radius 1 is 0.882 bits per heavy atom. The summed E-state index contributed by atoms with van der Waals surface area (Å²) in [5.74, 6) is 0.526. The standard InChI is InChI=1S/C14H13NO2/c1-2-15-13-7-9(16)3-5-11(13)12-6-4-10(17)8-14(12)15/h3-8,16-17H,2H2,1H3. The van der Waals surface area contributed by atoms with Crippen LogP contribution < -0.4 is 0 Å². The highest BCUT2D eigenvalue weighted by Gasteiger charge is 2.10. The van der Waals surface area contributed by atoms with E-state index in [0.29, 0.717) is 0 Å². The summed E-state index contributed by atoms with van der Waals surface area (Å²) in [7, 11) is 0. The second-order valence-corrected chi connectivity index (χ2v) is 4.15. The third kappa shape index (κ3) is 1.35. The van der Waals surface area contributed by atoms with E-state index < -0.39 is 0 Å². The molecular weight excluding hydrogens is 214 g/mol. The summed E-state index contributed by atoms with van der Waals surface area (Å²) in [5.41, 5.74) is 1.99. The van der Waals surface area contributed by atoms with Crippen LogP contribution in [0.1, 0.15) is 6.92 Å². The van der Waals surface area contributed by atoms with Crippen molar-refractivity contribution in [3.8, 4) is 11.5 Å². The van der Waals surface area contributed by atoms with Crippen molar-refractivity contribution < 1.29 is 10.2 Å². The van der Waals surface area contributed by atoms with Gasteiger partial charge in [0.1, 0.15) is 11.5 Å². The molecule has 2 N–H and O–H groups in total. The van der Waals surface area contributed by atoms with Crippen LogP contribution in [0.5, 0.6) is 11.5 Å². The van der Waals surface area contributed by atoms with E-state index in [0.717, 1.165) is 28.4 Å². The third-order valence-electron chi connectivity index (χ3n) is 3.15. The predicted octanol–water partition coefficient (Wildman–Crippen LogP) is 3.23. The van der Waals surface area contributed by atoms with Gasteiger partial charge in [-0.25, -0.2) is 0 Å². The van der Waals surface area contributed by atoms with E-state index in [1.807, 2.05) is 19.1 Å². The average molecular weight is 227 g/mol. The minimum absolute atomic E-state index is 0.263. The van der Waals surface area contributed by atoms with E-state index >= 15 is 0 Å². The molecule has 0 saturated heterocycles. The van der Waals surface area contributed by atoms with Gasteiger partial charge in [-0.2, -0.15) is 0 Å². The van der Waals surface area contributed by atoms with E-state index in [-0.39, 0.29) is 11.5 Å². The molecular formula is C14H13NO2. The number of phenolic OH excluding ortho intramolecular Hbond substituents is 2. The SMILES string of the molecule is CCn1c2cc(O)ccc2c2ccc(O)cc21. The number of hydrogen-bond acceptors (Lipinski definition) is 2. The molecule has 3 heteroatoms. The van der Waals surface area contributed by atoms with E-state index in [1.165, 1.54) is 0 Å². The third-order valence-corrected chi connectivity index (χ3v) is 3.15. The minimum Gasteiger partial charge on any atom is -0.508 e. The lowest BCUT2D eigenvalue weighted by atomic mass is 10.1. The lowest BCUT2D eigenvalue weighted by molar-refractivity contribution is 0.475. The largest absolute Gasteiger partial charge is 0.508 e. The van der Waals surface area contributed by atoms with Crippen LogP contribution in [-0.2, 0) is 6.54 Å². The van der Waals surface area contributed by atoms with Gasteiger partial charge in [0.05, 0.1) is 11.0 Å². The molecule has 0 amide bonds. The first-order valence-electron chi connectivity index (χ1n) is 5.64. The molecule has 0 spiro atoms. The molecule has 0 radical (unpaired) electrons. The lowest BCUT2D eigenvalue weighted by Gasteiger charge is -2.03. The maximum Gasteiger partial charge on any atom is 0.117 e. The fourth-order valence-corrected chi connectivity index (χ4v) is 2.41. The van der Waals surface area contributed by atoms with Crippen molar-refractivity contribution in [2.24, 2.45) is 0 Å². The number of hydrogen-bond donors (Lipinski definition) is 2. The second-order valence-electron chi connectivity index (χ2n) is 4.15. The molecule has 0 aliphatic heterocycles. The predicted molar refractivity (Wildman–Crippen MR) is 68.4 cm³/mol. The summed E-state index contributed by atoms with van der Waals surface area (Å²) >= 11 is 0. The average Bonchev–Trinajstić information content (AvgIpc) is 2.60. The normalized spacial score (nSPS) is 11.4. The molecule has 3 nitrogen and oxygen atoms in total. The summed E-state index contributed by atoms with van der Waals surface area (Å²) in [6.45, 7) is 2.85. The van der Waals surface area contributed by atoms with E-state index in [4.69, 9.17) is 0 Å². The van der Waals surface area contributed by atoms with Crippen LogP contribution >= 0.6 is 0 Å². The van der Waals surface area contributed by atoms with Crippen molar-refractivity contribution in [2.75, 3.05) is 0 Å². The van der Waals surface area contributed by atoms with Crippen LogP contribution in [0.3, 0.4) is 0 Å². The van der Waals surface area contributed by atoms with Crippen LogP contribution in [0.4, 0.5) is 0 Å². The molecule has 0 bridgehead atoms. The Balaban J connectivity index is 2.56. The summed E-state index contributed by atoms with van der Waals surface area (Å²) in [5, 5.41) is 21.3. The van der Waals surface area contributed by atoms with E-state index in [9.17, 15) is 10.2 Å². The molecule has 86 valence electrons. The molecule has 1 heterocycles. The zero-order valence-electron chi connectivity index (χ0n) is 9.51. The highest BCUT2D eigenvalue weighted by Crippen LogP contribution is 2.32. The topological polar surface area (TPSA) is 45.4 Å². The molecule has 0 aliphatic carbocycles. The van der Waals surface area contributed by atoms with Crippen molar-refractivity contribution in [2.45, 2.75) is 13.5 Å². The Morgan fingerprint density at radius 3 is 1.76 bits per heavy atom. The first-order chi connectivity index (χ1) is 8.20. The first-order valence-corrected chi connectivity index (χ1v) is 5.64. The van der Waals surface area contributed by atoms with Gasteiger partial charge in [-0.1, -0.05) is 0 Å². The molecule has 0 fully saturated rings. The Hall–Kier alpha value is -2.16. The number of aromatic nitrogens is 1. The summed E-state index contributed by atoms with van der Waals surface area (Å²) in [6, 6.07) is 10.7. The van der Waals surface area contributed by atoms with E-state index in [2.05, 4.69) is 4.57 Å². The van der Waals surface area contributed by atoms with Gasteiger partial charge in [0.15, 0.2) is 0 Å². The number of fused-ring (bicyclic) bond motifs is 3. The van der Waals surface area contributed by atoms with Crippen molar-refractivity contribution in [3.05, 3.63) is 36.4 Å². The van der Waals surface area contributed by atoms with Gasteiger partial charge in [0.2, 0.25) is 0 Å². The van der Waals surface area contributed by atoms with Gasteiger partial charge in [0.25, 0.3) is 0 Å². The zero-order valence-corrected chi connectivity index (χ0v) is 9.51. The number of nitrogens with zero attached hydrogens (tertiary/aromatic N) is 1. The van der Waals surface area contributed by atoms with Crippen LogP contribution in [0.15, 0.2) is 36.4 Å². The monoisotopic (exact) mass is 227 g/mol. The van der Waals surface area contributed by atoms with Crippen molar-refractivity contribution >= 4 is 21.8 Å². The second kappa shape index (κ2) is 3.42. The molecule has 0 aliphatic rings. The van der Waals surface area contributed by atoms with Crippen LogP contribution in [0.25, 0.3) is 21.8 Å². The summed E-state index contributed by atoms with van der Waals surface area (Å²) in [4.78, 5) is 0. The highest BCUT2D eigenvalue weighted by molar-refractivity contribution is 6.08. The smallest absolute Gasteiger partial charge is 0.117 e. The van der Waals surface area contributed by atoms with Crippen LogP contribution in [0.2, 0.25) is 0 Å². The molecule has 0 saturated carbocycles. The van der Waals surface area contributed by atoms with Crippen molar-refractivity contribution in [3.63, 3.8) is 0 Å². The number of aromatic hydroxyl groups is 2. The van der Waals surface area contributed by atoms with E-state index in [1.54, 1.807) is 24.3 Å². The number of rotatable bonds is 1. The molecule has 0 unspecified atom stereocenters. The Bertz CT molecular complexity index is 654. The molecule has 0 atom stereocenters. The summed E-state index contributed by atoms with van der Waals surface area (Å²) < 4.78 is 2.09. The minimum atomic E-state index is 0.263. The molecule has 2 aromatic carbocycles. The number of phenols is 2. The lowest BCUT2D eigenvalue weighted by Crippen LogP contribution is -1.92. The van der Waals surface area contributed by atoms with Gasteiger partial charge in [-0.3, -0.25) is 0 Å². The maximum atomic E-state index is 9.57. The molecule has 1 aromatic heterocycles. The van der Waals surface area contributed by atoms with Crippen LogP contribution in [0, 0.1) is 0 Å². The maximum absolute atomic E-state index is 9.57. The molecule has 3 rings (SSSR count). The van der Waals surface area contributed by atoms with Crippen LogP contribution in [-0.4, -0.2) is 14.8 Å². The Kier molecular flexibility index (Phi) is 2.01. The summed E-state index contributed by atoms with van der Waals surface area (Å²) in [6.07, 6.45) is 0. The van der Waals surface area contributed by atoms with Crippen molar-refractivity contribution in [1.29, 1.82) is 0 Å².